The second-order valence-corrected chi connectivity index (χ2v) is 7.03. The summed E-state index contributed by atoms with van der Waals surface area (Å²) in [5.74, 6) is 0.0860. The molecule has 1 aliphatic heterocycles. The maximum absolute atomic E-state index is 12.5. The highest BCUT2D eigenvalue weighted by Gasteiger charge is 2.35. The second-order valence-electron chi connectivity index (χ2n) is 7.03. The summed E-state index contributed by atoms with van der Waals surface area (Å²) < 4.78 is 16.1. The van der Waals surface area contributed by atoms with Crippen LogP contribution in [0.4, 0.5) is 0 Å². The van der Waals surface area contributed by atoms with Crippen molar-refractivity contribution in [1.82, 2.24) is 0 Å². The molecule has 0 saturated carbocycles. The summed E-state index contributed by atoms with van der Waals surface area (Å²) in [7, 11) is 0. The molecule has 0 fully saturated rings. The van der Waals surface area contributed by atoms with Crippen LogP contribution in [0.5, 0.6) is 11.5 Å². The van der Waals surface area contributed by atoms with Crippen molar-refractivity contribution in [2.24, 2.45) is 5.92 Å². The van der Waals surface area contributed by atoms with Crippen LogP contribution in [0.2, 0.25) is 0 Å². The Kier molecular flexibility index (Phi) is 5.79. The highest BCUT2D eigenvalue weighted by molar-refractivity contribution is 5.80. The molecular weight excluding hydrogens is 344 g/mol. The number of fused-ring (bicyclic) bond motifs is 1. The third kappa shape index (κ3) is 4.67. The Morgan fingerprint density at radius 1 is 1.15 bits per heavy atom. The summed E-state index contributed by atoms with van der Waals surface area (Å²) in [5.41, 5.74) is 2.08. The van der Waals surface area contributed by atoms with E-state index in [9.17, 15) is 9.59 Å². The third-order valence-corrected chi connectivity index (χ3v) is 4.61. The van der Waals surface area contributed by atoms with Gasteiger partial charge in [0.25, 0.3) is 0 Å². The first-order valence-electron chi connectivity index (χ1n) is 9.16. The normalized spacial score (nSPS) is 18.6. The molecule has 5 nitrogen and oxygen atoms in total. The molecule has 0 aromatic heterocycles. The highest BCUT2D eigenvalue weighted by Crippen LogP contribution is 2.40. The molecule has 5 heteroatoms. The van der Waals surface area contributed by atoms with E-state index in [4.69, 9.17) is 14.2 Å². The first kappa shape index (κ1) is 19.0. The molecule has 0 N–H and O–H groups in total. The molecule has 0 radical (unpaired) electrons. The number of hydrogen-bond acceptors (Lipinski definition) is 5. The zero-order chi connectivity index (χ0) is 19.4. The molecule has 0 amide bonds. The molecule has 0 bridgehead atoms. The standard InChI is InChI=1S/C22H24O5/c1-14(2)26-21(23)13-25-17-9-10-18-15(3)19(22(24)27-20(18)12-17)11-16-7-5-4-6-8-16/h4-10,12,14-15,19H,11,13H2,1-3H3. The van der Waals surface area contributed by atoms with Gasteiger partial charge in [0.15, 0.2) is 6.61 Å². The zero-order valence-corrected chi connectivity index (χ0v) is 15.8. The van der Waals surface area contributed by atoms with E-state index in [1.807, 2.05) is 43.3 Å². The molecule has 0 spiro atoms. The van der Waals surface area contributed by atoms with Gasteiger partial charge in [-0.25, -0.2) is 4.79 Å². The first-order valence-corrected chi connectivity index (χ1v) is 9.16. The molecule has 0 aliphatic carbocycles. The fourth-order valence-corrected chi connectivity index (χ4v) is 3.24. The summed E-state index contributed by atoms with van der Waals surface area (Å²) in [4.78, 5) is 24.1. The largest absolute Gasteiger partial charge is 0.482 e. The van der Waals surface area contributed by atoms with Gasteiger partial charge in [-0.2, -0.15) is 0 Å². The number of hydrogen-bond donors (Lipinski definition) is 0. The molecule has 3 rings (SSSR count). The maximum Gasteiger partial charge on any atom is 0.344 e. The van der Waals surface area contributed by atoms with Crippen LogP contribution in [0.3, 0.4) is 0 Å². The Morgan fingerprint density at radius 2 is 1.89 bits per heavy atom. The minimum Gasteiger partial charge on any atom is -0.482 e. The monoisotopic (exact) mass is 368 g/mol. The van der Waals surface area contributed by atoms with Crippen molar-refractivity contribution < 1.29 is 23.8 Å². The van der Waals surface area contributed by atoms with Gasteiger partial charge in [-0.05, 0) is 43.4 Å². The van der Waals surface area contributed by atoms with Gasteiger partial charge in [-0.1, -0.05) is 43.3 Å². The third-order valence-electron chi connectivity index (χ3n) is 4.61. The molecule has 1 heterocycles. The highest BCUT2D eigenvalue weighted by atomic mass is 16.6. The maximum atomic E-state index is 12.5. The van der Waals surface area contributed by atoms with Crippen LogP contribution in [0, 0.1) is 5.92 Å². The van der Waals surface area contributed by atoms with Gasteiger partial charge in [0.1, 0.15) is 11.5 Å². The van der Waals surface area contributed by atoms with Crippen LogP contribution in [-0.2, 0) is 20.7 Å². The lowest BCUT2D eigenvalue weighted by Crippen LogP contribution is -2.32. The van der Waals surface area contributed by atoms with Gasteiger partial charge in [0.2, 0.25) is 0 Å². The molecule has 142 valence electrons. The lowest BCUT2D eigenvalue weighted by Gasteiger charge is -2.29. The molecule has 2 unspecified atom stereocenters. The van der Waals surface area contributed by atoms with Gasteiger partial charge in [0, 0.05) is 6.07 Å². The summed E-state index contributed by atoms with van der Waals surface area (Å²) in [5, 5.41) is 0. The minimum atomic E-state index is -0.434. The average molecular weight is 368 g/mol. The molecule has 1 aliphatic rings. The van der Waals surface area contributed by atoms with Crippen LogP contribution >= 0.6 is 0 Å². The molecule has 0 saturated heterocycles. The van der Waals surface area contributed by atoms with E-state index in [1.165, 1.54) is 0 Å². The fourth-order valence-electron chi connectivity index (χ4n) is 3.24. The van der Waals surface area contributed by atoms with E-state index in [-0.39, 0.29) is 30.5 Å². The Bertz CT molecular complexity index is 813. The fraction of sp³-hybridized carbons (Fsp3) is 0.364. The number of benzene rings is 2. The summed E-state index contributed by atoms with van der Waals surface area (Å²) in [6.07, 6.45) is 0.451. The van der Waals surface area contributed by atoms with E-state index in [1.54, 1.807) is 26.0 Å². The smallest absolute Gasteiger partial charge is 0.344 e. The lowest BCUT2D eigenvalue weighted by atomic mass is 9.81. The number of carbonyl (C=O) groups excluding carboxylic acids is 2. The van der Waals surface area contributed by atoms with Crippen molar-refractivity contribution in [3.8, 4) is 11.5 Å². The predicted molar refractivity (Wildman–Crippen MR) is 101 cm³/mol. The van der Waals surface area contributed by atoms with Crippen LogP contribution in [0.1, 0.15) is 37.8 Å². The van der Waals surface area contributed by atoms with Gasteiger partial charge in [0.05, 0.1) is 12.0 Å². The van der Waals surface area contributed by atoms with Gasteiger partial charge < -0.3 is 14.2 Å². The summed E-state index contributed by atoms with van der Waals surface area (Å²) >= 11 is 0. The summed E-state index contributed by atoms with van der Waals surface area (Å²) in [6, 6.07) is 15.3. The van der Waals surface area contributed by atoms with Crippen LogP contribution in [-0.4, -0.2) is 24.6 Å². The Balaban J connectivity index is 1.70. The topological polar surface area (TPSA) is 61.8 Å². The van der Waals surface area contributed by atoms with Crippen LogP contribution in [0.25, 0.3) is 0 Å². The van der Waals surface area contributed by atoms with Crippen LogP contribution < -0.4 is 9.47 Å². The molecular formula is C22H24O5. The van der Waals surface area contributed by atoms with Crippen molar-refractivity contribution in [3.05, 3.63) is 59.7 Å². The SMILES string of the molecule is CC(C)OC(=O)COc1ccc2c(c1)OC(=O)C(Cc1ccccc1)C2C. The van der Waals surface area contributed by atoms with E-state index < -0.39 is 5.97 Å². The Morgan fingerprint density at radius 3 is 2.59 bits per heavy atom. The van der Waals surface area contributed by atoms with Crippen molar-refractivity contribution in [1.29, 1.82) is 0 Å². The van der Waals surface area contributed by atoms with E-state index in [0.717, 1.165) is 11.1 Å². The van der Waals surface area contributed by atoms with E-state index in [0.29, 0.717) is 17.9 Å². The van der Waals surface area contributed by atoms with Crippen molar-refractivity contribution in [3.63, 3.8) is 0 Å². The van der Waals surface area contributed by atoms with Gasteiger partial charge in [-0.3, -0.25) is 4.79 Å². The second kappa shape index (κ2) is 8.25. The zero-order valence-electron chi connectivity index (χ0n) is 15.8. The quantitative estimate of drug-likeness (QED) is 0.572. The molecule has 27 heavy (non-hydrogen) atoms. The van der Waals surface area contributed by atoms with Gasteiger partial charge in [-0.15, -0.1) is 0 Å². The molecule has 2 aromatic carbocycles. The lowest BCUT2D eigenvalue weighted by molar-refractivity contribution is -0.149. The average Bonchev–Trinajstić information content (AvgIpc) is 2.63. The van der Waals surface area contributed by atoms with Crippen LogP contribution in [0.15, 0.2) is 48.5 Å². The minimum absolute atomic E-state index is 0.0291. The van der Waals surface area contributed by atoms with Crippen molar-refractivity contribution in [2.75, 3.05) is 6.61 Å². The number of ether oxygens (including phenoxy) is 3. The predicted octanol–water partition coefficient (Wildman–Crippen LogP) is 3.90. The number of carbonyl (C=O) groups is 2. The molecule has 2 aromatic rings. The first-order chi connectivity index (χ1) is 12.9. The van der Waals surface area contributed by atoms with Crippen molar-refractivity contribution >= 4 is 11.9 Å². The number of rotatable bonds is 6. The van der Waals surface area contributed by atoms with E-state index >= 15 is 0 Å². The van der Waals surface area contributed by atoms with Crippen molar-refractivity contribution in [2.45, 2.75) is 39.2 Å². The van der Waals surface area contributed by atoms with E-state index in [2.05, 4.69) is 0 Å². The molecule has 2 atom stereocenters. The number of esters is 2. The Labute approximate surface area is 159 Å². The Hall–Kier alpha value is -2.82. The van der Waals surface area contributed by atoms with Gasteiger partial charge >= 0.3 is 11.9 Å². The summed E-state index contributed by atoms with van der Waals surface area (Å²) in [6.45, 7) is 5.41.